The third kappa shape index (κ3) is 9.93. The van der Waals surface area contributed by atoms with E-state index in [4.69, 9.17) is 9.47 Å². The van der Waals surface area contributed by atoms with Crippen LogP contribution >= 0.6 is 0 Å². The Morgan fingerprint density at radius 1 is 1.25 bits per heavy atom. The van der Waals surface area contributed by atoms with Crippen molar-refractivity contribution in [3.05, 3.63) is 0 Å². The van der Waals surface area contributed by atoms with Gasteiger partial charge in [0.05, 0.1) is 6.42 Å². The van der Waals surface area contributed by atoms with Crippen LogP contribution in [0.25, 0.3) is 0 Å². The Balaban J connectivity index is 3.59. The molecule has 0 aliphatic rings. The van der Waals surface area contributed by atoms with Gasteiger partial charge in [-0.2, -0.15) is 0 Å². The second kappa shape index (κ2) is 7.63. The van der Waals surface area contributed by atoms with Gasteiger partial charge < -0.3 is 14.4 Å². The quantitative estimate of drug-likeness (QED) is 0.493. The van der Waals surface area contributed by atoms with Crippen LogP contribution in [0.15, 0.2) is 0 Å². The number of methoxy groups -OCH3 is 1. The number of carbonyl (C=O) groups is 1. The molecule has 0 spiro atoms. The molecule has 4 nitrogen and oxygen atoms in total. The van der Waals surface area contributed by atoms with Gasteiger partial charge in [0.25, 0.3) is 0 Å². The molecule has 96 valence electrons. The van der Waals surface area contributed by atoms with Crippen LogP contribution in [0.2, 0.25) is 0 Å². The summed E-state index contributed by atoms with van der Waals surface area (Å²) in [4.78, 5) is 13.5. The average molecular weight is 231 g/mol. The molecule has 4 heteroatoms. The van der Waals surface area contributed by atoms with Gasteiger partial charge in [0.1, 0.15) is 5.60 Å². The first-order valence-electron chi connectivity index (χ1n) is 5.74. The highest BCUT2D eigenvalue weighted by Gasteiger charge is 2.16. The van der Waals surface area contributed by atoms with Crippen molar-refractivity contribution in [1.29, 1.82) is 0 Å². The van der Waals surface area contributed by atoms with Gasteiger partial charge in [0.15, 0.2) is 0 Å². The minimum absolute atomic E-state index is 0.133. The molecule has 0 rings (SSSR count). The highest BCUT2D eigenvalue weighted by molar-refractivity contribution is 5.70. The molecule has 0 unspecified atom stereocenters. The lowest BCUT2D eigenvalue weighted by molar-refractivity contribution is -0.155. The maximum absolute atomic E-state index is 11.4. The summed E-state index contributed by atoms with van der Waals surface area (Å²) >= 11 is 0. The van der Waals surface area contributed by atoms with Gasteiger partial charge in [-0.05, 0) is 34.2 Å². The Labute approximate surface area is 98.9 Å². The third-order valence-corrected chi connectivity index (χ3v) is 2.01. The predicted octanol–water partition coefficient (Wildman–Crippen LogP) is 1.69. The SMILES string of the molecule is COCCCN(C)CCC(=O)OC(C)(C)C. The van der Waals surface area contributed by atoms with Gasteiger partial charge in [0.2, 0.25) is 0 Å². The van der Waals surface area contributed by atoms with Crippen molar-refractivity contribution in [3.8, 4) is 0 Å². The summed E-state index contributed by atoms with van der Waals surface area (Å²) in [7, 11) is 3.70. The van der Waals surface area contributed by atoms with Crippen LogP contribution in [0.1, 0.15) is 33.6 Å². The minimum atomic E-state index is -0.383. The molecule has 0 aliphatic heterocycles. The fourth-order valence-electron chi connectivity index (χ4n) is 1.27. The summed E-state index contributed by atoms with van der Waals surface area (Å²) in [5.41, 5.74) is -0.383. The number of esters is 1. The van der Waals surface area contributed by atoms with Crippen LogP contribution in [0.4, 0.5) is 0 Å². The van der Waals surface area contributed by atoms with E-state index >= 15 is 0 Å². The molecule has 0 amide bonds. The number of carbonyl (C=O) groups excluding carboxylic acids is 1. The molecule has 0 radical (unpaired) electrons. The monoisotopic (exact) mass is 231 g/mol. The topological polar surface area (TPSA) is 38.8 Å². The van der Waals surface area contributed by atoms with Gasteiger partial charge in [-0.25, -0.2) is 0 Å². The summed E-state index contributed by atoms with van der Waals surface area (Å²) in [6.07, 6.45) is 1.43. The zero-order chi connectivity index (χ0) is 12.6. The standard InChI is InChI=1S/C12H25NO3/c1-12(2,3)16-11(14)7-9-13(4)8-6-10-15-5/h6-10H2,1-5H3. The third-order valence-electron chi connectivity index (χ3n) is 2.01. The van der Waals surface area contributed by atoms with Gasteiger partial charge in [-0.1, -0.05) is 0 Å². The molecule has 0 aromatic carbocycles. The van der Waals surface area contributed by atoms with Crippen molar-refractivity contribution in [3.63, 3.8) is 0 Å². The normalized spacial score (nSPS) is 11.9. The van der Waals surface area contributed by atoms with Crippen molar-refractivity contribution in [2.45, 2.75) is 39.2 Å². The lowest BCUT2D eigenvalue weighted by atomic mass is 10.2. The molecule has 0 heterocycles. The second-order valence-corrected chi connectivity index (χ2v) is 4.99. The van der Waals surface area contributed by atoms with Gasteiger partial charge in [0, 0.05) is 26.8 Å². The molecular formula is C12H25NO3. The number of nitrogens with zero attached hydrogens (tertiary/aromatic N) is 1. The lowest BCUT2D eigenvalue weighted by Gasteiger charge is -2.21. The Morgan fingerprint density at radius 2 is 1.88 bits per heavy atom. The fourth-order valence-corrected chi connectivity index (χ4v) is 1.27. The molecule has 0 aromatic heterocycles. The van der Waals surface area contributed by atoms with Crippen LogP contribution in [0.3, 0.4) is 0 Å². The van der Waals surface area contributed by atoms with Crippen molar-refractivity contribution in [2.24, 2.45) is 0 Å². The molecular weight excluding hydrogens is 206 g/mol. The van der Waals surface area contributed by atoms with Gasteiger partial charge in [-0.15, -0.1) is 0 Å². The molecule has 0 saturated heterocycles. The molecule has 0 N–H and O–H groups in total. The fraction of sp³-hybridized carbons (Fsp3) is 0.917. The molecule has 0 fully saturated rings. The summed E-state index contributed by atoms with van der Waals surface area (Å²) in [5, 5.41) is 0. The van der Waals surface area contributed by atoms with E-state index in [1.165, 1.54) is 0 Å². The Kier molecular flexibility index (Phi) is 7.34. The van der Waals surface area contributed by atoms with Crippen molar-refractivity contribution < 1.29 is 14.3 Å². The first-order chi connectivity index (χ1) is 7.35. The van der Waals surface area contributed by atoms with Gasteiger partial charge >= 0.3 is 5.97 Å². The molecule has 0 saturated carbocycles. The van der Waals surface area contributed by atoms with E-state index in [0.717, 1.165) is 26.1 Å². The number of rotatable bonds is 7. The van der Waals surface area contributed by atoms with Crippen LogP contribution in [-0.4, -0.2) is 50.3 Å². The van der Waals surface area contributed by atoms with Crippen molar-refractivity contribution in [2.75, 3.05) is 33.9 Å². The van der Waals surface area contributed by atoms with Crippen molar-refractivity contribution in [1.82, 2.24) is 4.90 Å². The van der Waals surface area contributed by atoms with E-state index in [-0.39, 0.29) is 11.6 Å². The van der Waals surface area contributed by atoms with Crippen LogP contribution in [0, 0.1) is 0 Å². The number of ether oxygens (including phenoxy) is 2. The zero-order valence-corrected chi connectivity index (χ0v) is 11.2. The molecule has 0 aliphatic carbocycles. The number of hydrogen-bond donors (Lipinski definition) is 0. The van der Waals surface area contributed by atoms with Crippen LogP contribution < -0.4 is 0 Å². The van der Waals surface area contributed by atoms with E-state index in [0.29, 0.717) is 6.42 Å². The van der Waals surface area contributed by atoms with E-state index < -0.39 is 0 Å². The molecule has 16 heavy (non-hydrogen) atoms. The maximum atomic E-state index is 11.4. The summed E-state index contributed by atoms with van der Waals surface area (Å²) in [5.74, 6) is -0.133. The smallest absolute Gasteiger partial charge is 0.307 e. The second-order valence-electron chi connectivity index (χ2n) is 4.99. The zero-order valence-electron chi connectivity index (χ0n) is 11.2. The maximum Gasteiger partial charge on any atom is 0.307 e. The summed E-state index contributed by atoms with van der Waals surface area (Å²) < 4.78 is 10.2. The van der Waals surface area contributed by atoms with Crippen LogP contribution in [-0.2, 0) is 14.3 Å². The average Bonchev–Trinajstić information content (AvgIpc) is 2.12. The molecule has 0 aromatic rings. The van der Waals surface area contributed by atoms with E-state index in [1.807, 2.05) is 27.8 Å². The Morgan fingerprint density at radius 3 is 2.38 bits per heavy atom. The first kappa shape index (κ1) is 15.4. The van der Waals surface area contributed by atoms with Gasteiger partial charge in [-0.3, -0.25) is 4.79 Å². The highest BCUT2D eigenvalue weighted by Crippen LogP contribution is 2.08. The number of hydrogen-bond acceptors (Lipinski definition) is 4. The Hall–Kier alpha value is -0.610. The van der Waals surface area contributed by atoms with E-state index in [1.54, 1.807) is 7.11 Å². The summed E-state index contributed by atoms with van der Waals surface area (Å²) in [6, 6.07) is 0. The van der Waals surface area contributed by atoms with Crippen molar-refractivity contribution >= 4 is 5.97 Å². The summed E-state index contributed by atoms with van der Waals surface area (Å²) in [6.45, 7) is 8.08. The largest absolute Gasteiger partial charge is 0.460 e. The highest BCUT2D eigenvalue weighted by atomic mass is 16.6. The molecule has 0 bridgehead atoms. The first-order valence-corrected chi connectivity index (χ1v) is 5.74. The molecule has 0 atom stereocenters. The minimum Gasteiger partial charge on any atom is -0.460 e. The Bertz CT molecular complexity index is 199. The van der Waals surface area contributed by atoms with E-state index in [9.17, 15) is 4.79 Å². The van der Waals surface area contributed by atoms with E-state index in [2.05, 4.69) is 4.90 Å². The predicted molar refractivity (Wildman–Crippen MR) is 64.5 cm³/mol. The lowest BCUT2D eigenvalue weighted by Crippen LogP contribution is -2.28. The van der Waals surface area contributed by atoms with Crippen LogP contribution in [0.5, 0.6) is 0 Å².